The van der Waals surface area contributed by atoms with Gasteiger partial charge in [-0.25, -0.2) is 4.98 Å². The number of para-hydroxylation sites is 1. The number of H-pyrrole nitrogens is 1. The molecule has 0 fully saturated rings. The zero-order chi connectivity index (χ0) is 23.9. The minimum Gasteiger partial charge on any atom is -0.496 e. The third kappa shape index (κ3) is 3.70. The molecule has 0 radical (unpaired) electrons. The van der Waals surface area contributed by atoms with Crippen molar-refractivity contribution < 1.29 is 4.74 Å². The standard InChI is InChI=1S/C25H20ClN7O2/c1-35-23-5-3-2-4-18(23)20-13-27-25(29-20)22-9-7-17-10-15(11-24(34)33(17)22)19-12-16(26)6-8-21(19)32-14-28-30-31-32/h2-6,8,10-14,22H,7,9H2,1H3,(H,27,29)/t22-/m0/s1. The topological polar surface area (TPSA) is 104 Å². The van der Waals surface area contributed by atoms with Crippen molar-refractivity contribution in [2.75, 3.05) is 7.11 Å². The van der Waals surface area contributed by atoms with Gasteiger partial charge in [-0.3, -0.25) is 4.79 Å². The summed E-state index contributed by atoms with van der Waals surface area (Å²) in [6, 6.07) is 16.7. The SMILES string of the molecule is COc1ccccc1-c1cnc([C@@H]2CCc3cc(-c4cc(Cl)ccc4-n4cnnn4)cc(=O)n32)[nH]1. The maximum absolute atomic E-state index is 13.4. The summed E-state index contributed by atoms with van der Waals surface area (Å²) >= 11 is 6.30. The van der Waals surface area contributed by atoms with Crippen LogP contribution in [0.4, 0.5) is 0 Å². The predicted octanol–water partition coefficient (Wildman–Crippen LogP) is 4.08. The molecule has 1 aliphatic rings. The number of aryl methyl sites for hydroxylation is 1. The van der Waals surface area contributed by atoms with E-state index in [0.29, 0.717) is 5.02 Å². The number of halogens is 1. The number of aromatic nitrogens is 7. The average Bonchev–Trinajstić information content (AvgIpc) is 3.64. The fourth-order valence-corrected chi connectivity index (χ4v) is 4.90. The number of rotatable bonds is 5. The molecule has 0 aliphatic carbocycles. The molecule has 1 aliphatic heterocycles. The van der Waals surface area contributed by atoms with Crippen molar-refractivity contribution in [2.24, 2.45) is 0 Å². The first-order valence-electron chi connectivity index (χ1n) is 11.1. The Morgan fingerprint density at radius 1 is 1.11 bits per heavy atom. The van der Waals surface area contributed by atoms with Crippen molar-refractivity contribution in [1.29, 1.82) is 0 Å². The van der Waals surface area contributed by atoms with Crippen molar-refractivity contribution >= 4 is 11.6 Å². The number of imidazole rings is 1. The van der Waals surface area contributed by atoms with Crippen molar-refractivity contribution in [2.45, 2.75) is 18.9 Å². The summed E-state index contributed by atoms with van der Waals surface area (Å²) in [4.78, 5) is 21.4. The molecule has 0 saturated heterocycles. The van der Waals surface area contributed by atoms with Gasteiger partial charge in [-0.2, -0.15) is 4.68 Å². The lowest BCUT2D eigenvalue weighted by Gasteiger charge is -2.15. The highest BCUT2D eigenvalue weighted by atomic mass is 35.5. The highest BCUT2D eigenvalue weighted by Gasteiger charge is 2.28. The molecule has 0 unspecified atom stereocenters. The summed E-state index contributed by atoms with van der Waals surface area (Å²) in [5, 5.41) is 12.0. The van der Waals surface area contributed by atoms with Crippen LogP contribution in [0.15, 0.2) is 71.9 Å². The van der Waals surface area contributed by atoms with Crippen molar-refractivity contribution in [1.82, 2.24) is 34.7 Å². The molecule has 5 aromatic rings. The summed E-state index contributed by atoms with van der Waals surface area (Å²) in [7, 11) is 1.64. The fourth-order valence-electron chi connectivity index (χ4n) is 4.73. The molecule has 1 N–H and O–H groups in total. The van der Waals surface area contributed by atoms with Crippen LogP contribution >= 0.6 is 11.6 Å². The molecule has 0 saturated carbocycles. The largest absolute Gasteiger partial charge is 0.496 e. The number of pyridine rings is 1. The van der Waals surface area contributed by atoms with Crippen LogP contribution in [0.5, 0.6) is 5.75 Å². The highest BCUT2D eigenvalue weighted by Crippen LogP contribution is 2.35. The van der Waals surface area contributed by atoms with Crippen molar-refractivity contribution in [3.8, 4) is 33.8 Å². The van der Waals surface area contributed by atoms with E-state index in [1.54, 1.807) is 30.1 Å². The Morgan fingerprint density at radius 2 is 2.00 bits per heavy atom. The van der Waals surface area contributed by atoms with E-state index in [2.05, 4.69) is 25.5 Å². The number of nitrogens with one attached hydrogen (secondary N) is 1. The van der Waals surface area contributed by atoms with Crippen LogP contribution in [0.2, 0.25) is 5.02 Å². The van der Waals surface area contributed by atoms with Gasteiger partial charge in [-0.1, -0.05) is 23.7 Å². The lowest BCUT2D eigenvalue weighted by Crippen LogP contribution is -2.23. The van der Waals surface area contributed by atoms with Gasteiger partial charge in [0.15, 0.2) is 0 Å². The number of benzene rings is 2. The number of hydrogen-bond donors (Lipinski definition) is 1. The third-order valence-corrected chi connectivity index (χ3v) is 6.54. The number of hydrogen-bond acceptors (Lipinski definition) is 6. The van der Waals surface area contributed by atoms with Gasteiger partial charge in [0, 0.05) is 27.9 Å². The minimum atomic E-state index is -0.173. The van der Waals surface area contributed by atoms with Gasteiger partial charge in [0.1, 0.15) is 17.9 Å². The van der Waals surface area contributed by atoms with Gasteiger partial charge in [-0.05, 0) is 65.2 Å². The van der Waals surface area contributed by atoms with Gasteiger partial charge in [-0.15, -0.1) is 5.10 Å². The summed E-state index contributed by atoms with van der Waals surface area (Å²) in [6.45, 7) is 0. The number of ether oxygens (including phenoxy) is 1. The first kappa shape index (κ1) is 21.3. The lowest BCUT2D eigenvalue weighted by atomic mass is 10.0. The zero-order valence-electron chi connectivity index (χ0n) is 18.7. The molecule has 3 aromatic heterocycles. The summed E-state index contributed by atoms with van der Waals surface area (Å²) in [6.07, 6.45) is 4.82. The lowest BCUT2D eigenvalue weighted by molar-refractivity contribution is 0.416. The summed E-state index contributed by atoms with van der Waals surface area (Å²) in [5.74, 6) is 1.51. The van der Waals surface area contributed by atoms with Gasteiger partial charge < -0.3 is 14.3 Å². The Hall–Kier alpha value is -4.24. The molecule has 9 nitrogen and oxygen atoms in total. The zero-order valence-corrected chi connectivity index (χ0v) is 19.5. The Bertz CT molecular complexity index is 1590. The van der Waals surface area contributed by atoms with Crippen molar-refractivity contribution in [3.05, 3.63) is 94.0 Å². The molecule has 0 amide bonds. The average molecular weight is 486 g/mol. The molecule has 2 aromatic carbocycles. The van der Waals surface area contributed by atoms with Crippen LogP contribution in [-0.2, 0) is 6.42 Å². The van der Waals surface area contributed by atoms with Gasteiger partial charge in [0.2, 0.25) is 0 Å². The second kappa shape index (κ2) is 8.52. The third-order valence-electron chi connectivity index (χ3n) is 6.31. The Labute approximate surface area is 205 Å². The van der Waals surface area contributed by atoms with E-state index in [4.69, 9.17) is 16.3 Å². The second-order valence-corrected chi connectivity index (χ2v) is 8.73. The van der Waals surface area contributed by atoms with Crippen LogP contribution in [0.25, 0.3) is 28.1 Å². The fraction of sp³-hybridized carbons (Fsp3) is 0.160. The summed E-state index contributed by atoms with van der Waals surface area (Å²) < 4.78 is 8.86. The molecular formula is C25H20ClN7O2. The van der Waals surface area contributed by atoms with E-state index in [9.17, 15) is 4.79 Å². The van der Waals surface area contributed by atoms with E-state index in [0.717, 1.165) is 58.2 Å². The molecule has 35 heavy (non-hydrogen) atoms. The molecule has 4 heterocycles. The Morgan fingerprint density at radius 3 is 2.83 bits per heavy atom. The van der Waals surface area contributed by atoms with Crippen LogP contribution in [0.3, 0.4) is 0 Å². The van der Waals surface area contributed by atoms with Gasteiger partial charge in [0.05, 0.1) is 30.7 Å². The molecule has 6 rings (SSSR count). The van der Waals surface area contributed by atoms with E-state index < -0.39 is 0 Å². The molecule has 1 atom stereocenters. The smallest absolute Gasteiger partial charge is 0.252 e. The second-order valence-electron chi connectivity index (χ2n) is 8.30. The van der Waals surface area contributed by atoms with Crippen LogP contribution in [0, 0.1) is 0 Å². The normalized spacial score (nSPS) is 14.7. The van der Waals surface area contributed by atoms with E-state index >= 15 is 0 Å². The monoisotopic (exact) mass is 485 g/mol. The van der Waals surface area contributed by atoms with Crippen LogP contribution in [0.1, 0.15) is 24.0 Å². The van der Waals surface area contributed by atoms with Gasteiger partial charge >= 0.3 is 0 Å². The van der Waals surface area contributed by atoms with E-state index in [1.165, 1.54) is 6.33 Å². The maximum atomic E-state index is 13.4. The first-order valence-corrected chi connectivity index (χ1v) is 11.5. The van der Waals surface area contributed by atoms with Gasteiger partial charge in [0.25, 0.3) is 5.56 Å². The highest BCUT2D eigenvalue weighted by molar-refractivity contribution is 6.31. The Balaban J connectivity index is 1.39. The van der Waals surface area contributed by atoms with E-state index in [1.807, 2.05) is 47.0 Å². The predicted molar refractivity (Wildman–Crippen MR) is 131 cm³/mol. The molecule has 174 valence electrons. The number of tetrazole rings is 1. The molecule has 0 bridgehead atoms. The van der Waals surface area contributed by atoms with Crippen LogP contribution < -0.4 is 10.3 Å². The summed E-state index contributed by atoms with van der Waals surface area (Å²) in [5.41, 5.74) is 4.90. The number of nitrogens with zero attached hydrogens (tertiary/aromatic N) is 6. The molecular weight excluding hydrogens is 466 g/mol. The number of methoxy groups -OCH3 is 1. The van der Waals surface area contributed by atoms with Crippen molar-refractivity contribution in [3.63, 3.8) is 0 Å². The maximum Gasteiger partial charge on any atom is 0.252 e. The Kier molecular flexibility index (Phi) is 5.18. The number of fused-ring (bicyclic) bond motifs is 1. The minimum absolute atomic E-state index is 0.0992. The first-order chi connectivity index (χ1) is 17.1. The van der Waals surface area contributed by atoms with Crippen LogP contribution in [-0.4, -0.2) is 41.9 Å². The number of aromatic amines is 1. The molecule has 0 spiro atoms. The van der Waals surface area contributed by atoms with E-state index in [-0.39, 0.29) is 11.6 Å². The quantitative estimate of drug-likeness (QED) is 0.402. The molecule has 10 heteroatoms.